The average Bonchev–Trinajstić information content (AvgIpc) is 2.24. The lowest BCUT2D eigenvalue weighted by molar-refractivity contribution is 0.698. The van der Waals surface area contributed by atoms with Crippen LogP contribution in [-0.4, -0.2) is 11.7 Å². The number of nitrogens with one attached hydrogen (secondary N) is 2. The molecule has 0 atom stereocenters. The molecular weight excluding hydrogens is 284 g/mol. The minimum Gasteiger partial charge on any atom is -0.362 e. The van der Waals surface area contributed by atoms with Crippen LogP contribution in [0.2, 0.25) is 0 Å². The minimum atomic E-state index is 0.689. The van der Waals surface area contributed by atoms with Gasteiger partial charge in [-0.1, -0.05) is 41.8 Å². The molecule has 0 aliphatic heterocycles. The molecule has 1 aromatic rings. The maximum atomic E-state index is 5.19. The molecule has 0 bridgehead atoms. The molecular formula is C12H17BrN2S. The fraction of sp³-hybridized carbons (Fsp3) is 0.417. The zero-order chi connectivity index (χ0) is 11.8. The second-order valence-electron chi connectivity index (χ2n) is 3.60. The van der Waals surface area contributed by atoms with E-state index in [1.165, 1.54) is 12.8 Å². The summed E-state index contributed by atoms with van der Waals surface area (Å²) in [5, 5.41) is 7.03. The summed E-state index contributed by atoms with van der Waals surface area (Å²) in [5.41, 5.74) is 1.00. The summed E-state index contributed by atoms with van der Waals surface area (Å²) in [5.74, 6) is 0. The molecule has 0 amide bonds. The lowest BCUT2D eigenvalue weighted by Crippen LogP contribution is -2.29. The summed E-state index contributed by atoms with van der Waals surface area (Å²) in [6.45, 7) is 3.13. The molecule has 0 spiro atoms. The third kappa shape index (κ3) is 5.47. The van der Waals surface area contributed by atoms with E-state index < -0.39 is 0 Å². The molecule has 0 aliphatic carbocycles. The molecule has 0 aromatic heterocycles. The Labute approximate surface area is 111 Å². The molecule has 0 unspecified atom stereocenters. The Bertz CT molecular complexity index is 342. The zero-order valence-electron chi connectivity index (χ0n) is 9.42. The van der Waals surface area contributed by atoms with Crippen LogP contribution in [0.3, 0.4) is 0 Å². The van der Waals surface area contributed by atoms with Crippen molar-refractivity contribution >= 4 is 38.9 Å². The largest absolute Gasteiger partial charge is 0.362 e. The molecule has 1 rings (SSSR count). The second kappa shape index (κ2) is 7.63. The van der Waals surface area contributed by atoms with Gasteiger partial charge in [-0.15, -0.1) is 0 Å². The van der Waals surface area contributed by atoms with Crippen molar-refractivity contribution in [2.45, 2.75) is 26.2 Å². The van der Waals surface area contributed by atoms with Crippen molar-refractivity contribution in [2.24, 2.45) is 0 Å². The Hall–Kier alpha value is -0.610. The predicted molar refractivity (Wildman–Crippen MR) is 77.9 cm³/mol. The fourth-order valence-electron chi connectivity index (χ4n) is 1.32. The molecule has 0 radical (unpaired) electrons. The zero-order valence-corrected chi connectivity index (χ0v) is 11.8. The van der Waals surface area contributed by atoms with E-state index in [9.17, 15) is 0 Å². The Kier molecular flexibility index (Phi) is 6.42. The third-order valence-corrected chi connectivity index (χ3v) is 2.89. The summed E-state index contributed by atoms with van der Waals surface area (Å²) in [6, 6.07) is 7.96. The molecule has 0 fully saturated rings. The number of hydrogen-bond acceptors (Lipinski definition) is 1. The first kappa shape index (κ1) is 13.5. The molecule has 0 heterocycles. The first-order valence-electron chi connectivity index (χ1n) is 5.53. The lowest BCUT2D eigenvalue weighted by Gasteiger charge is -2.10. The van der Waals surface area contributed by atoms with Gasteiger partial charge >= 0.3 is 0 Å². The molecule has 0 saturated carbocycles. The van der Waals surface area contributed by atoms with Crippen molar-refractivity contribution in [3.8, 4) is 0 Å². The highest BCUT2D eigenvalue weighted by molar-refractivity contribution is 9.10. The molecule has 16 heavy (non-hydrogen) atoms. The van der Waals surface area contributed by atoms with E-state index >= 15 is 0 Å². The third-order valence-electron chi connectivity index (χ3n) is 2.15. The Morgan fingerprint density at radius 2 is 2.19 bits per heavy atom. The Morgan fingerprint density at radius 3 is 2.88 bits per heavy atom. The smallest absolute Gasteiger partial charge is 0.170 e. The normalized spacial score (nSPS) is 9.88. The summed E-state index contributed by atoms with van der Waals surface area (Å²) in [6.07, 6.45) is 3.64. The van der Waals surface area contributed by atoms with Crippen LogP contribution >= 0.6 is 28.1 Å². The SMILES string of the molecule is CCCCCNC(=S)Nc1cccc(Br)c1. The van der Waals surface area contributed by atoms with Crippen LogP contribution < -0.4 is 10.6 Å². The Balaban J connectivity index is 2.29. The second-order valence-corrected chi connectivity index (χ2v) is 4.92. The first-order chi connectivity index (χ1) is 7.72. The van der Waals surface area contributed by atoms with Crippen LogP contribution in [0.4, 0.5) is 5.69 Å². The topological polar surface area (TPSA) is 24.1 Å². The van der Waals surface area contributed by atoms with Gasteiger partial charge in [-0.2, -0.15) is 0 Å². The Morgan fingerprint density at radius 1 is 1.38 bits per heavy atom. The molecule has 0 saturated heterocycles. The quantitative estimate of drug-likeness (QED) is 0.636. The highest BCUT2D eigenvalue weighted by Crippen LogP contribution is 2.15. The van der Waals surface area contributed by atoms with Gasteiger partial charge in [0.05, 0.1) is 0 Å². The van der Waals surface area contributed by atoms with Crippen LogP contribution in [0.15, 0.2) is 28.7 Å². The highest BCUT2D eigenvalue weighted by atomic mass is 79.9. The number of rotatable bonds is 5. The fourth-order valence-corrected chi connectivity index (χ4v) is 1.94. The van der Waals surface area contributed by atoms with Crippen molar-refractivity contribution in [1.29, 1.82) is 0 Å². The van der Waals surface area contributed by atoms with Crippen molar-refractivity contribution in [3.05, 3.63) is 28.7 Å². The van der Waals surface area contributed by atoms with Gasteiger partial charge in [-0.05, 0) is 36.8 Å². The monoisotopic (exact) mass is 300 g/mol. The van der Waals surface area contributed by atoms with E-state index in [-0.39, 0.29) is 0 Å². The van der Waals surface area contributed by atoms with Gasteiger partial charge in [0.1, 0.15) is 0 Å². The molecule has 2 N–H and O–H groups in total. The molecule has 4 heteroatoms. The lowest BCUT2D eigenvalue weighted by atomic mass is 10.2. The van der Waals surface area contributed by atoms with E-state index in [0.29, 0.717) is 5.11 Å². The van der Waals surface area contributed by atoms with Gasteiger partial charge in [0.2, 0.25) is 0 Å². The van der Waals surface area contributed by atoms with Crippen LogP contribution in [-0.2, 0) is 0 Å². The molecule has 0 aliphatic rings. The standard InChI is InChI=1S/C12H17BrN2S/c1-2-3-4-8-14-12(16)15-11-7-5-6-10(13)9-11/h5-7,9H,2-4,8H2,1H3,(H2,14,15,16). The van der Waals surface area contributed by atoms with Gasteiger partial charge in [0.25, 0.3) is 0 Å². The summed E-state index contributed by atoms with van der Waals surface area (Å²) in [4.78, 5) is 0. The minimum absolute atomic E-state index is 0.689. The van der Waals surface area contributed by atoms with Crippen molar-refractivity contribution in [3.63, 3.8) is 0 Å². The van der Waals surface area contributed by atoms with E-state index in [1.54, 1.807) is 0 Å². The van der Waals surface area contributed by atoms with E-state index in [0.717, 1.165) is 23.1 Å². The highest BCUT2D eigenvalue weighted by Gasteiger charge is 1.97. The van der Waals surface area contributed by atoms with Crippen LogP contribution in [0, 0.1) is 0 Å². The van der Waals surface area contributed by atoms with Crippen molar-refractivity contribution in [2.75, 3.05) is 11.9 Å². The summed E-state index contributed by atoms with van der Waals surface area (Å²) >= 11 is 8.61. The average molecular weight is 301 g/mol. The maximum Gasteiger partial charge on any atom is 0.170 e. The predicted octanol–water partition coefficient (Wildman–Crippen LogP) is 3.93. The van der Waals surface area contributed by atoms with Gasteiger partial charge in [-0.25, -0.2) is 0 Å². The summed E-state index contributed by atoms with van der Waals surface area (Å²) in [7, 11) is 0. The molecule has 88 valence electrons. The molecule has 1 aromatic carbocycles. The van der Waals surface area contributed by atoms with E-state index in [4.69, 9.17) is 12.2 Å². The van der Waals surface area contributed by atoms with Gasteiger partial charge in [0.15, 0.2) is 5.11 Å². The number of hydrogen-bond donors (Lipinski definition) is 2. The van der Waals surface area contributed by atoms with Gasteiger partial charge in [0, 0.05) is 16.7 Å². The summed E-state index contributed by atoms with van der Waals surface area (Å²) < 4.78 is 1.05. The number of anilines is 1. The van der Waals surface area contributed by atoms with Crippen LogP contribution in [0.5, 0.6) is 0 Å². The van der Waals surface area contributed by atoms with E-state index in [1.807, 2.05) is 24.3 Å². The maximum absolute atomic E-state index is 5.19. The number of thiocarbonyl (C=S) groups is 1. The van der Waals surface area contributed by atoms with Gasteiger partial charge < -0.3 is 10.6 Å². The number of halogens is 1. The number of benzene rings is 1. The van der Waals surface area contributed by atoms with Crippen molar-refractivity contribution < 1.29 is 0 Å². The first-order valence-corrected chi connectivity index (χ1v) is 6.73. The van der Waals surface area contributed by atoms with Crippen LogP contribution in [0.25, 0.3) is 0 Å². The number of unbranched alkanes of at least 4 members (excludes halogenated alkanes) is 2. The van der Waals surface area contributed by atoms with Crippen LogP contribution in [0.1, 0.15) is 26.2 Å². The molecule has 2 nitrogen and oxygen atoms in total. The van der Waals surface area contributed by atoms with Crippen molar-refractivity contribution in [1.82, 2.24) is 5.32 Å². The van der Waals surface area contributed by atoms with Gasteiger partial charge in [-0.3, -0.25) is 0 Å². The van der Waals surface area contributed by atoms with E-state index in [2.05, 4.69) is 33.5 Å².